The molecule has 1 saturated carbocycles. The van der Waals surface area contributed by atoms with E-state index in [4.69, 9.17) is 4.74 Å². The number of sulfonamides is 1. The molecule has 1 atom stereocenters. The van der Waals surface area contributed by atoms with E-state index in [1.165, 1.54) is 25.0 Å². The van der Waals surface area contributed by atoms with Crippen molar-refractivity contribution in [1.29, 1.82) is 0 Å². The van der Waals surface area contributed by atoms with Gasteiger partial charge in [-0.25, -0.2) is 13.1 Å². The van der Waals surface area contributed by atoms with Crippen molar-refractivity contribution in [3.63, 3.8) is 0 Å². The zero-order valence-electron chi connectivity index (χ0n) is 15.1. The summed E-state index contributed by atoms with van der Waals surface area (Å²) in [6.45, 7) is 0.976. The molecule has 7 heteroatoms. The first-order valence-electron chi connectivity index (χ1n) is 9.57. The van der Waals surface area contributed by atoms with Gasteiger partial charge in [-0.3, -0.25) is 4.79 Å². The number of hydrogen-bond donors (Lipinski definition) is 2. The van der Waals surface area contributed by atoms with Gasteiger partial charge in [0.25, 0.3) is 5.91 Å². The monoisotopic (exact) mass is 380 g/mol. The van der Waals surface area contributed by atoms with Gasteiger partial charge in [0.2, 0.25) is 10.0 Å². The molecule has 2 fully saturated rings. The summed E-state index contributed by atoms with van der Waals surface area (Å²) < 4.78 is 32.7. The second-order valence-electron chi connectivity index (χ2n) is 7.17. The zero-order valence-corrected chi connectivity index (χ0v) is 15.9. The molecule has 0 unspecified atom stereocenters. The van der Waals surface area contributed by atoms with E-state index in [0.29, 0.717) is 12.2 Å². The molecule has 1 heterocycles. The average molecular weight is 381 g/mol. The highest BCUT2D eigenvalue weighted by Gasteiger charge is 2.21. The lowest BCUT2D eigenvalue weighted by atomic mass is 10.1. The van der Waals surface area contributed by atoms with E-state index in [0.717, 1.165) is 38.5 Å². The van der Waals surface area contributed by atoms with Gasteiger partial charge in [-0.2, -0.15) is 0 Å². The first-order chi connectivity index (χ1) is 12.5. The number of amides is 1. The summed E-state index contributed by atoms with van der Waals surface area (Å²) in [5.74, 6) is -0.131. The van der Waals surface area contributed by atoms with Crippen LogP contribution in [0.25, 0.3) is 0 Å². The molecule has 1 aliphatic carbocycles. The van der Waals surface area contributed by atoms with Gasteiger partial charge in [-0.15, -0.1) is 0 Å². The largest absolute Gasteiger partial charge is 0.377 e. The summed E-state index contributed by atoms with van der Waals surface area (Å²) in [6.07, 6.45) is 8.61. The molecule has 2 N–H and O–H groups in total. The Morgan fingerprint density at radius 1 is 1.00 bits per heavy atom. The standard InChI is InChI=1S/C19H28N2O4S/c22-19(21-16-6-3-1-2-4-7-16)15-9-11-18(12-10-15)26(23,24)20-14-17-8-5-13-25-17/h9-12,16-17,20H,1-8,13-14H2,(H,21,22)/t17-/m1/s1. The van der Waals surface area contributed by atoms with Crippen molar-refractivity contribution in [1.82, 2.24) is 10.0 Å². The summed E-state index contributed by atoms with van der Waals surface area (Å²) >= 11 is 0. The van der Waals surface area contributed by atoms with Crippen molar-refractivity contribution in [2.75, 3.05) is 13.2 Å². The zero-order chi connectivity index (χ0) is 18.4. The number of hydrogen-bond acceptors (Lipinski definition) is 4. The van der Waals surface area contributed by atoms with Gasteiger partial charge in [0.05, 0.1) is 11.0 Å². The number of nitrogens with one attached hydrogen (secondary N) is 2. The molecular formula is C19H28N2O4S. The maximum atomic E-state index is 12.4. The van der Waals surface area contributed by atoms with Crippen molar-refractivity contribution in [3.8, 4) is 0 Å². The summed E-state index contributed by atoms with van der Waals surface area (Å²) in [5.41, 5.74) is 0.493. The van der Waals surface area contributed by atoms with Crippen molar-refractivity contribution in [3.05, 3.63) is 29.8 Å². The third-order valence-electron chi connectivity index (χ3n) is 5.14. The summed E-state index contributed by atoms with van der Waals surface area (Å²) in [7, 11) is -3.58. The normalized spacial score (nSPS) is 22.1. The van der Waals surface area contributed by atoms with Gasteiger partial charge >= 0.3 is 0 Å². The first-order valence-corrected chi connectivity index (χ1v) is 11.0. The minimum atomic E-state index is -3.58. The highest BCUT2D eigenvalue weighted by atomic mass is 32.2. The van der Waals surface area contributed by atoms with E-state index in [2.05, 4.69) is 10.0 Å². The minimum Gasteiger partial charge on any atom is -0.377 e. The Balaban J connectivity index is 1.57. The summed E-state index contributed by atoms with van der Waals surface area (Å²) in [6, 6.07) is 6.35. The molecule has 0 spiro atoms. The molecule has 1 aliphatic heterocycles. The minimum absolute atomic E-state index is 0.0469. The van der Waals surface area contributed by atoms with E-state index in [1.807, 2.05) is 0 Å². The Morgan fingerprint density at radius 2 is 1.69 bits per heavy atom. The van der Waals surface area contributed by atoms with Gasteiger partial charge in [-0.1, -0.05) is 25.7 Å². The van der Waals surface area contributed by atoms with E-state index in [1.54, 1.807) is 12.1 Å². The molecule has 1 amide bonds. The lowest BCUT2D eigenvalue weighted by Gasteiger charge is -2.16. The van der Waals surface area contributed by atoms with Crippen LogP contribution in [-0.4, -0.2) is 39.6 Å². The lowest BCUT2D eigenvalue weighted by Crippen LogP contribution is -2.34. The van der Waals surface area contributed by atoms with Gasteiger partial charge in [0.15, 0.2) is 0 Å². The summed E-state index contributed by atoms with van der Waals surface area (Å²) in [4.78, 5) is 12.6. The molecule has 0 aromatic heterocycles. The lowest BCUT2D eigenvalue weighted by molar-refractivity contribution is 0.0933. The molecular weight excluding hydrogens is 352 g/mol. The predicted molar refractivity (Wildman–Crippen MR) is 99.6 cm³/mol. The third kappa shape index (κ3) is 5.28. The van der Waals surface area contributed by atoms with Gasteiger partial charge in [0, 0.05) is 24.8 Å². The van der Waals surface area contributed by atoms with E-state index < -0.39 is 10.0 Å². The highest BCUT2D eigenvalue weighted by Crippen LogP contribution is 2.18. The van der Waals surface area contributed by atoms with Crippen molar-refractivity contribution in [2.45, 2.75) is 68.4 Å². The van der Waals surface area contributed by atoms with Gasteiger partial charge in [-0.05, 0) is 49.9 Å². The quantitative estimate of drug-likeness (QED) is 0.743. The van der Waals surface area contributed by atoms with Crippen LogP contribution in [0.3, 0.4) is 0 Å². The Kier molecular flexibility index (Phi) is 6.67. The highest BCUT2D eigenvalue weighted by molar-refractivity contribution is 7.89. The average Bonchev–Trinajstić information content (AvgIpc) is 3.04. The smallest absolute Gasteiger partial charge is 0.251 e. The second-order valence-corrected chi connectivity index (χ2v) is 8.94. The molecule has 3 rings (SSSR count). The summed E-state index contributed by atoms with van der Waals surface area (Å²) in [5, 5.41) is 3.08. The molecule has 6 nitrogen and oxygen atoms in total. The fourth-order valence-electron chi connectivity index (χ4n) is 3.57. The number of carbonyl (C=O) groups excluding carboxylic acids is 1. The van der Waals surface area contributed by atoms with Crippen LogP contribution in [0.2, 0.25) is 0 Å². The molecule has 144 valence electrons. The van der Waals surface area contributed by atoms with Crippen LogP contribution in [0.4, 0.5) is 0 Å². The molecule has 1 aromatic rings. The molecule has 1 saturated heterocycles. The Morgan fingerprint density at radius 3 is 2.31 bits per heavy atom. The SMILES string of the molecule is O=C(NC1CCCCCC1)c1ccc(S(=O)(=O)NC[C@H]2CCCO2)cc1. The van der Waals surface area contributed by atoms with Gasteiger partial charge < -0.3 is 10.1 Å². The molecule has 2 aliphatic rings. The topological polar surface area (TPSA) is 84.5 Å². The van der Waals surface area contributed by atoms with E-state index in [-0.39, 0.29) is 29.5 Å². The third-order valence-corrected chi connectivity index (χ3v) is 6.58. The second kappa shape index (κ2) is 8.97. The molecule has 1 aromatic carbocycles. The van der Waals surface area contributed by atoms with Crippen molar-refractivity contribution >= 4 is 15.9 Å². The number of rotatable bonds is 6. The Hall–Kier alpha value is -1.44. The number of carbonyl (C=O) groups is 1. The number of benzene rings is 1. The molecule has 0 radical (unpaired) electrons. The number of ether oxygens (including phenoxy) is 1. The first kappa shape index (κ1) is 19.3. The Labute approximate surface area is 155 Å². The van der Waals surface area contributed by atoms with E-state index >= 15 is 0 Å². The fraction of sp³-hybridized carbons (Fsp3) is 0.632. The fourth-order valence-corrected chi connectivity index (χ4v) is 4.64. The van der Waals surface area contributed by atoms with Gasteiger partial charge in [0.1, 0.15) is 0 Å². The van der Waals surface area contributed by atoms with Crippen LogP contribution >= 0.6 is 0 Å². The van der Waals surface area contributed by atoms with Crippen molar-refractivity contribution in [2.24, 2.45) is 0 Å². The van der Waals surface area contributed by atoms with Crippen LogP contribution in [-0.2, 0) is 14.8 Å². The van der Waals surface area contributed by atoms with Crippen LogP contribution in [0.15, 0.2) is 29.2 Å². The predicted octanol–water partition coefficient (Wildman–Crippen LogP) is 2.60. The maximum Gasteiger partial charge on any atom is 0.251 e. The molecule has 0 bridgehead atoms. The van der Waals surface area contributed by atoms with E-state index in [9.17, 15) is 13.2 Å². The van der Waals surface area contributed by atoms with Crippen molar-refractivity contribution < 1.29 is 17.9 Å². The van der Waals surface area contributed by atoms with Crippen LogP contribution in [0.5, 0.6) is 0 Å². The molecule has 26 heavy (non-hydrogen) atoms. The van der Waals surface area contributed by atoms with Crippen LogP contribution in [0, 0.1) is 0 Å². The Bertz CT molecular complexity index is 689. The maximum absolute atomic E-state index is 12.4. The van der Waals surface area contributed by atoms with Crippen LogP contribution < -0.4 is 10.0 Å². The van der Waals surface area contributed by atoms with Crippen LogP contribution in [0.1, 0.15) is 61.7 Å².